The van der Waals surface area contributed by atoms with E-state index >= 15 is 0 Å². The van der Waals surface area contributed by atoms with E-state index in [0.717, 1.165) is 30.4 Å². The second-order valence-electron chi connectivity index (χ2n) is 4.76. The molecule has 1 fully saturated rings. The first-order valence-electron chi connectivity index (χ1n) is 5.67. The molecule has 4 nitrogen and oxygen atoms in total. The van der Waals surface area contributed by atoms with E-state index in [-0.39, 0.29) is 12.1 Å². The van der Waals surface area contributed by atoms with Gasteiger partial charge in [-0.2, -0.15) is 0 Å². The summed E-state index contributed by atoms with van der Waals surface area (Å²) in [6.45, 7) is 0. The van der Waals surface area contributed by atoms with Crippen molar-refractivity contribution in [2.45, 2.75) is 37.8 Å². The van der Waals surface area contributed by atoms with Crippen molar-refractivity contribution in [2.24, 2.45) is 0 Å². The third kappa shape index (κ3) is 3.52. The molecule has 0 amide bonds. The second kappa shape index (κ2) is 5.58. The van der Waals surface area contributed by atoms with Gasteiger partial charge in [-0.1, -0.05) is 12.8 Å². The van der Waals surface area contributed by atoms with Crippen LogP contribution in [0, 0.1) is 0 Å². The second-order valence-corrected chi connectivity index (χ2v) is 6.67. The summed E-state index contributed by atoms with van der Waals surface area (Å²) < 4.78 is 31.5. The molecule has 96 valence electrons. The maximum atomic E-state index is 13.7. The first-order chi connectivity index (χ1) is 7.34. The first kappa shape index (κ1) is 14.1. The van der Waals surface area contributed by atoms with Gasteiger partial charge in [-0.25, -0.2) is 9.24 Å². The van der Waals surface area contributed by atoms with Crippen LogP contribution >= 0.6 is 7.83 Å². The van der Waals surface area contributed by atoms with Gasteiger partial charge < -0.3 is 4.90 Å². The Balaban J connectivity index is 2.66. The highest BCUT2D eigenvalue weighted by molar-refractivity contribution is 7.50. The lowest BCUT2D eigenvalue weighted by Crippen LogP contribution is -2.42. The molecule has 0 aromatic heterocycles. The number of nitrogens with zero attached hydrogens (tertiary/aromatic N) is 2. The minimum atomic E-state index is -4.10. The van der Waals surface area contributed by atoms with E-state index in [1.165, 1.54) is 14.1 Å². The molecule has 0 bridgehead atoms. The summed E-state index contributed by atoms with van der Waals surface area (Å²) in [5.41, 5.74) is 0. The molecule has 0 aromatic rings. The smallest absolute Gasteiger partial charge is 0.304 e. The summed E-state index contributed by atoms with van der Waals surface area (Å²) in [4.78, 5) is 2.03. The molecule has 1 aliphatic rings. The first-order valence-corrected chi connectivity index (χ1v) is 7.14. The molecule has 1 rings (SSSR count). The van der Waals surface area contributed by atoms with Crippen LogP contribution in [0.3, 0.4) is 0 Å². The summed E-state index contributed by atoms with van der Waals surface area (Å²) in [5.74, 6) is 0. The van der Waals surface area contributed by atoms with E-state index in [1.54, 1.807) is 0 Å². The molecule has 16 heavy (non-hydrogen) atoms. The number of hydrogen-bond acceptors (Lipinski definition) is 3. The summed E-state index contributed by atoms with van der Waals surface area (Å²) in [6, 6.07) is 0.165. The van der Waals surface area contributed by atoms with Crippen LogP contribution < -0.4 is 0 Å². The highest BCUT2D eigenvalue weighted by Gasteiger charge is 2.36. The minimum Gasteiger partial charge on any atom is -0.304 e. The van der Waals surface area contributed by atoms with E-state index < -0.39 is 7.83 Å². The maximum absolute atomic E-state index is 13.7. The van der Waals surface area contributed by atoms with Gasteiger partial charge in [0.25, 0.3) is 0 Å². The van der Waals surface area contributed by atoms with E-state index in [1.807, 2.05) is 19.0 Å². The number of hydrogen-bond donors (Lipinski definition) is 0. The van der Waals surface area contributed by atoms with Crippen molar-refractivity contribution < 1.29 is 13.3 Å². The Bertz CT molecular complexity index is 274. The van der Waals surface area contributed by atoms with Gasteiger partial charge in [-0.05, 0) is 41.0 Å². The van der Waals surface area contributed by atoms with E-state index in [4.69, 9.17) is 4.52 Å². The fourth-order valence-electron chi connectivity index (χ4n) is 2.05. The average molecular weight is 252 g/mol. The molecule has 0 N–H and O–H groups in total. The Hall–Kier alpha value is 0.0400. The van der Waals surface area contributed by atoms with Crippen molar-refractivity contribution in [1.82, 2.24) is 9.57 Å². The Labute approximate surface area is 97.4 Å². The predicted molar refractivity (Wildman–Crippen MR) is 63.2 cm³/mol. The van der Waals surface area contributed by atoms with Crippen LogP contribution in [0.2, 0.25) is 0 Å². The highest BCUT2D eigenvalue weighted by atomic mass is 31.2. The topological polar surface area (TPSA) is 32.8 Å². The molecule has 6 heteroatoms. The zero-order valence-corrected chi connectivity index (χ0v) is 11.4. The van der Waals surface area contributed by atoms with Crippen molar-refractivity contribution in [3.63, 3.8) is 0 Å². The third-order valence-electron chi connectivity index (χ3n) is 3.07. The number of rotatable bonds is 4. The summed E-state index contributed by atoms with van der Waals surface area (Å²) in [5, 5.41) is 0. The Morgan fingerprint density at radius 1 is 1.19 bits per heavy atom. The molecule has 0 aromatic carbocycles. The number of likely N-dealkylation sites (N-methyl/N-ethyl adjacent to an activating group) is 1. The van der Waals surface area contributed by atoms with Crippen LogP contribution in [0.4, 0.5) is 4.20 Å². The standard InChI is InChI=1S/C10H22FN2O2P/c1-12(2)9-7-5-6-8-10(9)15-16(11,14)13(3)4/h9-10H,5-8H2,1-4H3/t9-,10-,16?/m0/s1. The molecule has 0 heterocycles. The zero-order chi connectivity index (χ0) is 12.3. The van der Waals surface area contributed by atoms with Crippen LogP contribution in [0.1, 0.15) is 25.7 Å². The van der Waals surface area contributed by atoms with Crippen molar-refractivity contribution in [3.8, 4) is 0 Å². The summed E-state index contributed by atoms with van der Waals surface area (Å²) in [7, 11) is 2.67. The van der Waals surface area contributed by atoms with Crippen LogP contribution in [0.5, 0.6) is 0 Å². The van der Waals surface area contributed by atoms with Gasteiger partial charge in [0.2, 0.25) is 0 Å². The van der Waals surface area contributed by atoms with Gasteiger partial charge >= 0.3 is 7.83 Å². The molecule has 3 atom stereocenters. The van der Waals surface area contributed by atoms with Gasteiger partial charge in [0, 0.05) is 6.04 Å². The Kier molecular flexibility index (Phi) is 4.92. The van der Waals surface area contributed by atoms with Crippen LogP contribution in [0.25, 0.3) is 0 Å². The van der Waals surface area contributed by atoms with Crippen molar-refractivity contribution in [1.29, 1.82) is 0 Å². The van der Waals surface area contributed by atoms with Crippen molar-refractivity contribution >= 4 is 7.83 Å². The quantitative estimate of drug-likeness (QED) is 0.720. The van der Waals surface area contributed by atoms with Crippen molar-refractivity contribution in [3.05, 3.63) is 0 Å². The maximum Gasteiger partial charge on any atom is 0.445 e. The molecule has 0 saturated heterocycles. The van der Waals surface area contributed by atoms with Crippen LogP contribution in [0.15, 0.2) is 0 Å². The molecule has 1 saturated carbocycles. The zero-order valence-electron chi connectivity index (χ0n) is 10.5. The molecular weight excluding hydrogens is 230 g/mol. The minimum absolute atomic E-state index is 0.165. The largest absolute Gasteiger partial charge is 0.445 e. The Morgan fingerprint density at radius 2 is 1.75 bits per heavy atom. The van der Waals surface area contributed by atoms with Crippen LogP contribution in [-0.4, -0.2) is 49.9 Å². The van der Waals surface area contributed by atoms with Gasteiger partial charge in [0.05, 0.1) is 6.10 Å². The summed E-state index contributed by atoms with van der Waals surface area (Å²) >= 11 is 0. The van der Waals surface area contributed by atoms with E-state index in [9.17, 15) is 8.76 Å². The van der Waals surface area contributed by atoms with E-state index in [0.29, 0.717) is 0 Å². The average Bonchev–Trinajstić information content (AvgIpc) is 2.17. The lowest BCUT2D eigenvalue weighted by Gasteiger charge is -2.36. The van der Waals surface area contributed by atoms with Crippen molar-refractivity contribution in [2.75, 3.05) is 28.2 Å². The normalized spacial score (nSPS) is 30.7. The van der Waals surface area contributed by atoms with Crippen LogP contribution in [-0.2, 0) is 9.09 Å². The molecule has 1 unspecified atom stereocenters. The summed E-state index contributed by atoms with van der Waals surface area (Å²) in [6.07, 6.45) is 3.64. The van der Waals surface area contributed by atoms with E-state index in [2.05, 4.69) is 0 Å². The lowest BCUT2D eigenvalue weighted by molar-refractivity contribution is 0.0510. The monoisotopic (exact) mass is 252 g/mol. The van der Waals surface area contributed by atoms with Gasteiger partial charge in [-0.15, -0.1) is 4.20 Å². The SMILES string of the molecule is CN(C)[C@H]1CCCC[C@@H]1OP(=O)(F)N(C)C. The number of halogens is 1. The fourth-order valence-corrected chi connectivity index (χ4v) is 2.82. The fraction of sp³-hybridized carbons (Fsp3) is 1.00. The van der Waals surface area contributed by atoms with Gasteiger partial charge in [-0.3, -0.25) is 4.52 Å². The molecule has 0 aliphatic heterocycles. The molecule has 0 spiro atoms. The predicted octanol–water partition coefficient (Wildman–Crippen LogP) is 2.52. The lowest BCUT2D eigenvalue weighted by atomic mass is 9.92. The molecular formula is C10H22FN2O2P. The Morgan fingerprint density at radius 3 is 2.25 bits per heavy atom. The highest BCUT2D eigenvalue weighted by Crippen LogP contribution is 2.53. The molecule has 1 aliphatic carbocycles. The molecule has 0 radical (unpaired) electrons. The third-order valence-corrected chi connectivity index (χ3v) is 4.56. The van der Waals surface area contributed by atoms with Gasteiger partial charge in [0.15, 0.2) is 0 Å². The van der Waals surface area contributed by atoms with Gasteiger partial charge in [0.1, 0.15) is 0 Å².